The summed E-state index contributed by atoms with van der Waals surface area (Å²) in [7, 11) is 0. The fraction of sp³-hybridized carbons (Fsp3) is 0.923. The summed E-state index contributed by atoms with van der Waals surface area (Å²) >= 11 is 8.08. The number of amides is 1. The zero-order chi connectivity index (χ0) is 12.1. The molecule has 2 unspecified atom stereocenters. The normalized spacial score (nSPS) is 30.4. The average molecular weight is 276 g/mol. The topological polar surface area (TPSA) is 29.1 Å². The van der Waals surface area contributed by atoms with Gasteiger partial charge >= 0.3 is 0 Å². The first-order valence-corrected chi connectivity index (χ1v) is 8.31. The van der Waals surface area contributed by atoms with Gasteiger partial charge in [-0.15, -0.1) is 11.6 Å². The minimum Gasteiger partial charge on any atom is -0.356 e. The Balaban J connectivity index is 1.60. The molecule has 1 N–H and O–H groups in total. The lowest BCUT2D eigenvalue weighted by Crippen LogP contribution is -2.30. The molecule has 1 saturated heterocycles. The van der Waals surface area contributed by atoms with Crippen LogP contribution in [0.3, 0.4) is 0 Å². The Morgan fingerprint density at radius 3 is 2.59 bits per heavy atom. The molecule has 4 heteroatoms. The third-order valence-electron chi connectivity index (χ3n) is 3.88. The number of rotatable bonds is 4. The quantitative estimate of drug-likeness (QED) is 0.799. The molecule has 1 aliphatic carbocycles. The van der Waals surface area contributed by atoms with Gasteiger partial charge in [0.15, 0.2) is 0 Å². The highest BCUT2D eigenvalue weighted by Crippen LogP contribution is 2.29. The molecule has 0 radical (unpaired) electrons. The molecular weight excluding hydrogens is 254 g/mol. The van der Waals surface area contributed by atoms with Gasteiger partial charge in [0.25, 0.3) is 0 Å². The standard InChI is InChI=1S/C13H22ClNOS/c14-12-2-1-11(7-12)9-15-13(16)8-10-3-5-17-6-4-10/h10-12H,1-9H2,(H,15,16). The maximum atomic E-state index is 11.8. The summed E-state index contributed by atoms with van der Waals surface area (Å²) in [6, 6.07) is 0. The van der Waals surface area contributed by atoms with Crippen molar-refractivity contribution >= 4 is 29.3 Å². The molecule has 2 rings (SSSR count). The first-order chi connectivity index (χ1) is 8.24. The Kier molecular flexibility index (Phi) is 5.49. The van der Waals surface area contributed by atoms with Gasteiger partial charge in [0, 0.05) is 18.3 Å². The lowest BCUT2D eigenvalue weighted by atomic mass is 9.98. The Labute approximate surface area is 113 Å². The summed E-state index contributed by atoms with van der Waals surface area (Å²) in [6.07, 6.45) is 6.52. The third kappa shape index (κ3) is 4.70. The molecule has 1 heterocycles. The van der Waals surface area contributed by atoms with Crippen LogP contribution in [0.4, 0.5) is 0 Å². The molecule has 0 aromatic carbocycles. The fourth-order valence-electron chi connectivity index (χ4n) is 2.74. The monoisotopic (exact) mass is 275 g/mol. The Morgan fingerprint density at radius 1 is 1.18 bits per heavy atom. The highest BCUT2D eigenvalue weighted by Gasteiger charge is 2.23. The van der Waals surface area contributed by atoms with E-state index in [4.69, 9.17) is 11.6 Å². The van der Waals surface area contributed by atoms with Crippen LogP contribution < -0.4 is 5.32 Å². The number of hydrogen-bond acceptors (Lipinski definition) is 2. The van der Waals surface area contributed by atoms with E-state index in [0.29, 0.717) is 17.2 Å². The molecule has 2 fully saturated rings. The van der Waals surface area contributed by atoms with Gasteiger partial charge in [-0.25, -0.2) is 0 Å². The van der Waals surface area contributed by atoms with Crippen LogP contribution in [0.25, 0.3) is 0 Å². The van der Waals surface area contributed by atoms with E-state index in [9.17, 15) is 4.79 Å². The number of alkyl halides is 1. The highest BCUT2D eigenvalue weighted by atomic mass is 35.5. The molecular formula is C13H22ClNOS. The van der Waals surface area contributed by atoms with Gasteiger partial charge in [-0.3, -0.25) is 4.79 Å². The largest absolute Gasteiger partial charge is 0.356 e. The van der Waals surface area contributed by atoms with E-state index in [1.807, 2.05) is 11.8 Å². The number of hydrogen-bond donors (Lipinski definition) is 1. The van der Waals surface area contributed by atoms with Crippen molar-refractivity contribution in [3.63, 3.8) is 0 Å². The number of carbonyl (C=O) groups excluding carboxylic acids is 1. The van der Waals surface area contributed by atoms with Gasteiger partial charge in [-0.2, -0.15) is 11.8 Å². The van der Waals surface area contributed by atoms with E-state index >= 15 is 0 Å². The molecule has 17 heavy (non-hydrogen) atoms. The van der Waals surface area contributed by atoms with Crippen molar-refractivity contribution in [1.29, 1.82) is 0 Å². The van der Waals surface area contributed by atoms with Crippen molar-refractivity contribution < 1.29 is 4.79 Å². The molecule has 0 bridgehead atoms. The lowest BCUT2D eigenvalue weighted by molar-refractivity contribution is -0.122. The summed E-state index contributed by atoms with van der Waals surface area (Å²) in [5, 5.41) is 3.43. The lowest BCUT2D eigenvalue weighted by Gasteiger charge is -2.21. The van der Waals surface area contributed by atoms with Crippen molar-refractivity contribution in [3.8, 4) is 0 Å². The predicted molar refractivity (Wildman–Crippen MR) is 74.7 cm³/mol. The van der Waals surface area contributed by atoms with Crippen molar-refractivity contribution in [1.82, 2.24) is 5.32 Å². The smallest absolute Gasteiger partial charge is 0.220 e. The second kappa shape index (κ2) is 6.89. The van der Waals surface area contributed by atoms with Gasteiger partial charge in [0.1, 0.15) is 0 Å². The first kappa shape index (κ1) is 13.5. The zero-order valence-electron chi connectivity index (χ0n) is 10.3. The number of thioether (sulfide) groups is 1. The summed E-state index contributed by atoms with van der Waals surface area (Å²) in [5.41, 5.74) is 0. The second-order valence-electron chi connectivity index (χ2n) is 5.34. The predicted octanol–water partition coefficient (Wildman–Crippen LogP) is 3.04. The Hall–Kier alpha value is 0.110. The van der Waals surface area contributed by atoms with Gasteiger partial charge in [0.05, 0.1) is 0 Å². The number of carbonyl (C=O) groups is 1. The van der Waals surface area contributed by atoms with E-state index in [0.717, 1.165) is 25.8 Å². The first-order valence-electron chi connectivity index (χ1n) is 6.72. The van der Waals surface area contributed by atoms with Gasteiger partial charge in [0.2, 0.25) is 5.91 Å². The maximum Gasteiger partial charge on any atom is 0.220 e. The molecule has 0 aromatic heterocycles. The summed E-state index contributed by atoms with van der Waals surface area (Å²) in [4.78, 5) is 11.8. The molecule has 2 nitrogen and oxygen atoms in total. The highest BCUT2D eigenvalue weighted by molar-refractivity contribution is 7.99. The molecule has 0 aromatic rings. The molecule has 2 aliphatic rings. The van der Waals surface area contributed by atoms with E-state index < -0.39 is 0 Å². The van der Waals surface area contributed by atoms with Crippen LogP contribution in [0, 0.1) is 11.8 Å². The minimum absolute atomic E-state index is 0.250. The molecule has 0 spiro atoms. The summed E-state index contributed by atoms with van der Waals surface area (Å²) in [5.74, 6) is 3.95. The molecule has 1 aliphatic heterocycles. The van der Waals surface area contributed by atoms with E-state index in [1.165, 1.54) is 30.8 Å². The average Bonchev–Trinajstić information content (AvgIpc) is 2.74. The maximum absolute atomic E-state index is 11.8. The van der Waals surface area contributed by atoms with Crippen molar-refractivity contribution in [3.05, 3.63) is 0 Å². The minimum atomic E-state index is 0.250. The van der Waals surface area contributed by atoms with Crippen LogP contribution in [0.15, 0.2) is 0 Å². The van der Waals surface area contributed by atoms with Crippen LogP contribution in [0.2, 0.25) is 0 Å². The zero-order valence-corrected chi connectivity index (χ0v) is 11.9. The third-order valence-corrected chi connectivity index (χ3v) is 5.33. The fourth-order valence-corrected chi connectivity index (χ4v) is 4.32. The van der Waals surface area contributed by atoms with Crippen LogP contribution in [0.5, 0.6) is 0 Å². The van der Waals surface area contributed by atoms with E-state index in [1.54, 1.807) is 0 Å². The van der Waals surface area contributed by atoms with Crippen molar-refractivity contribution in [2.24, 2.45) is 11.8 Å². The van der Waals surface area contributed by atoms with Crippen LogP contribution >= 0.6 is 23.4 Å². The Bertz CT molecular complexity index is 256. The summed E-state index contributed by atoms with van der Waals surface area (Å²) in [6.45, 7) is 0.837. The summed E-state index contributed by atoms with van der Waals surface area (Å²) < 4.78 is 0. The van der Waals surface area contributed by atoms with E-state index in [-0.39, 0.29) is 5.91 Å². The number of nitrogens with one attached hydrogen (secondary N) is 1. The Morgan fingerprint density at radius 2 is 1.94 bits per heavy atom. The van der Waals surface area contributed by atoms with Gasteiger partial charge in [-0.05, 0) is 55.4 Å². The molecule has 98 valence electrons. The van der Waals surface area contributed by atoms with Crippen LogP contribution in [-0.2, 0) is 4.79 Å². The van der Waals surface area contributed by atoms with Gasteiger partial charge < -0.3 is 5.32 Å². The van der Waals surface area contributed by atoms with Gasteiger partial charge in [-0.1, -0.05) is 0 Å². The molecule has 1 amide bonds. The second-order valence-corrected chi connectivity index (χ2v) is 7.18. The molecule has 2 atom stereocenters. The van der Waals surface area contributed by atoms with Crippen LogP contribution in [0.1, 0.15) is 38.5 Å². The SMILES string of the molecule is O=C(CC1CCSCC1)NCC1CCC(Cl)C1. The molecule has 1 saturated carbocycles. The van der Waals surface area contributed by atoms with Crippen molar-refractivity contribution in [2.75, 3.05) is 18.1 Å². The van der Waals surface area contributed by atoms with Crippen molar-refractivity contribution in [2.45, 2.75) is 43.9 Å². The number of halogens is 1. The van der Waals surface area contributed by atoms with E-state index in [2.05, 4.69) is 5.32 Å². The van der Waals surface area contributed by atoms with Crippen LogP contribution in [-0.4, -0.2) is 29.3 Å².